The highest BCUT2D eigenvalue weighted by atomic mass is 16.6. The molecular formula is C14H27NO5. The van der Waals surface area contributed by atoms with Gasteiger partial charge in [-0.25, -0.2) is 4.79 Å². The fourth-order valence-electron chi connectivity index (χ4n) is 1.51. The van der Waals surface area contributed by atoms with Crippen LogP contribution < -0.4 is 5.32 Å². The van der Waals surface area contributed by atoms with Gasteiger partial charge in [-0.1, -0.05) is 0 Å². The minimum atomic E-state index is -0.861. The third kappa shape index (κ3) is 11.8. The second-order valence-corrected chi connectivity index (χ2v) is 6.06. The molecule has 0 aliphatic carbocycles. The van der Waals surface area contributed by atoms with Crippen LogP contribution in [0.2, 0.25) is 0 Å². The van der Waals surface area contributed by atoms with Crippen LogP contribution >= 0.6 is 0 Å². The normalized spacial score (nSPS) is 13.1. The Morgan fingerprint density at radius 3 is 2.30 bits per heavy atom. The van der Waals surface area contributed by atoms with Gasteiger partial charge in [-0.3, -0.25) is 4.79 Å². The standard InChI is InChI=1S/C14H27NO5/c1-10(2)19-9-11(8-12(16)17)6-7-15-13(18)20-14(3,4)5/h10-11H,6-9H2,1-5H3,(H,15,18)(H,16,17)/t11-/m0/s1. The molecule has 0 heterocycles. The Balaban J connectivity index is 4.06. The first-order valence-corrected chi connectivity index (χ1v) is 6.90. The van der Waals surface area contributed by atoms with E-state index in [1.165, 1.54) is 0 Å². The predicted octanol–water partition coefficient (Wildman–Crippen LogP) is 2.42. The highest BCUT2D eigenvalue weighted by Crippen LogP contribution is 2.11. The van der Waals surface area contributed by atoms with Crippen molar-refractivity contribution < 1.29 is 24.2 Å². The van der Waals surface area contributed by atoms with Crippen molar-refractivity contribution in [3.05, 3.63) is 0 Å². The molecule has 0 radical (unpaired) electrons. The van der Waals surface area contributed by atoms with Gasteiger partial charge in [0.05, 0.1) is 19.1 Å². The highest BCUT2D eigenvalue weighted by molar-refractivity contribution is 5.68. The minimum Gasteiger partial charge on any atom is -0.481 e. The van der Waals surface area contributed by atoms with Gasteiger partial charge in [-0.05, 0) is 47.0 Å². The zero-order valence-electron chi connectivity index (χ0n) is 13.1. The van der Waals surface area contributed by atoms with E-state index < -0.39 is 17.7 Å². The zero-order chi connectivity index (χ0) is 15.8. The molecule has 1 amide bonds. The van der Waals surface area contributed by atoms with E-state index in [2.05, 4.69) is 5.32 Å². The van der Waals surface area contributed by atoms with Crippen LogP contribution in [-0.2, 0) is 14.3 Å². The number of amides is 1. The molecule has 0 aromatic heterocycles. The smallest absolute Gasteiger partial charge is 0.407 e. The summed E-state index contributed by atoms with van der Waals surface area (Å²) in [5.74, 6) is -0.982. The quantitative estimate of drug-likeness (QED) is 0.716. The molecule has 6 nitrogen and oxygen atoms in total. The molecule has 1 atom stereocenters. The van der Waals surface area contributed by atoms with Gasteiger partial charge in [-0.15, -0.1) is 0 Å². The lowest BCUT2D eigenvalue weighted by Gasteiger charge is -2.21. The fraction of sp³-hybridized carbons (Fsp3) is 0.857. The lowest BCUT2D eigenvalue weighted by Crippen LogP contribution is -2.34. The molecule has 0 bridgehead atoms. The molecule has 0 aliphatic heterocycles. The average Bonchev–Trinajstić information content (AvgIpc) is 2.22. The van der Waals surface area contributed by atoms with E-state index in [1.807, 2.05) is 13.8 Å². The first-order valence-electron chi connectivity index (χ1n) is 6.90. The largest absolute Gasteiger partial charge is 0.481 e. The summed E-state index contributed by atoms with van der Waals surface area (Å²) >= 11 is 0. The minimum absolute atomic E-state index is 0.0305. The molecule has 0 aromatic carbocycles. The number of rotatable bonds is 8. The second kappa shape index (κ2) is 8.79. The van der Waals surface area contributed by atoms with Gasteiger partial charge < -0.3 is 19.9 Å². The Kier molecular flexibility index (Phi) is 8.22. The summed E-state index contributed by atoms with van der Waals surface area (Å²) in [5, 5.41) is 11.5. The number of aliphatic carboxylic acids is 1. The molecule has 0 unspecified atom stereocenters. The Labute approximate surface area is 120 Å². The van der Waals surface area contributed by atoms with E-state index in [1.54, 1.807) is 20.8 Å². The highest BCUT2D eigenvalue weighted by Gasteiger charge is 2.18. The molecule has 6 heteroatoms. The number of ether oxygens (including phenoxy) is 2. The number of alkyl carbamates (subject to hydrolysis) is 1. The first kappa shape index (κ1) is 18.7. The molecule has 0 saturated heterocycles. The molecule has 0 aliphatic rings. The molecule has 2 N–H and O–H groups in total. The summed E-state index contributed by atoms with van der Waals surface area (Å²) in [7, 11) is 0. The van der Waals surface area contributed by atoms with Crippen LogP contribution in [0.5, 0.6) is 0 Å². The van der Waals surface area contributed by atoms with E-state index in [9.17, 15) is 9.59 Å². The maximum absolute atomic E-state index is 11.4. The molecule has 0 rings (SSSR count). The molecule has 0 aromatic rings. The maximum Gasteiger partial charge on any atom is 0.407 e. The Hall–Kier alpha value is -1.30. The molecule has 20 heavy (non-hydrogen) atoms. The number of carboxylic acid groups (broad SMARTS) is 1. The molecule has 118 valence electrons. The SMILES string of the molecule is CC(C)OC[C@@H](CCNC(=O)OC(C)(C)C)CC(=O)O. The van der Waals surface area contributed by atoms with E-state index >= 15 is 0 Å². The first-order chi connectivity index (χ1) is 9.10. The predicted molar refractivity (Wildman–Crippen MR) is 75.7 cm³/mol. The van der Waals surface area contributed by atoms with Crippen molar-refractivity contribution in [3.63, 3.8) is 0 Å². The lowest BCUT2D eigenvalue weighted by atomic mass is 10.0. The maximum atomic E-state index is 11.4. The molecule has 0 spiro atoms. The fourth-order valence-corrected chi connectivity index (χ4v) is 1.51. The number of hydrogen-bond donors (Lipinski definition) is 2. The summed E-state index contributed by atoms with van der Waals surface area (Å²) in [6.45, 7) is 9.91. The van der Waals surface area contributed by atoms with Crippen molar-refractivity contribution in [2.24, 2.45) is 5.92 Å². The van der Waals surface area contributed by atoms with Crippen LogP contribution in [0.1, 0.15) is 47.5 Å². The average molecular weight is 289 g/mol. The van der Waals surface area contributed by atoms with E-state index in [0.717, 1.165) is 0 Å². The van der Waals surface area contributed by atoms with Gasteiger partial charge in [0.2, 0.25) is 0 Å². The molecule has 0 saturated carbocycles. The number of hydrogen-bond acceptors (Lipinski definition) is 4. The van der Waals surface area contributed by atoms with Gasteiger partial charge in [0.25, 0.3) is 0 Å². The van der Waals surface area contributed by atoms with Gasteiger partial charge >= 0.3 is 12.1 Å². The third-order valence-electron chi connectivity index (χ3n) is 2.35. The Morgan fingerprint density at radius 1 is 1.25 bits per heavy atom. The number of carboxylic acids is 1. The zero-order valence-corrected chi connectivity index (χ0v) is 13.1. The van der Waals surface area contributed by atoms with Gasteiger partial charge in [0.1, 0.15) is 5.60 Å². The van der Waals surface area contributed by atoms with Crippen LogP contribution in [0.25, 0.3) is 0 Å². The van der Waals surface area contributed by atoms with Crippen LogP contribution in [0, 0.1) is 5.92 Å². The van der Waals surface area contributed by atoms with Gasteiger partial charge in [0.15, 0.2) is 0 Å². The van der Waals surface area contributed by atoms with Crippen molar-refractivity contribution in [2.75, 3.05) is 13.2 Å². The number of nitrogens with one attached hydrogen (secondary N) is 1. The van der Waals surface area contributed by atoms with Gasteiger partial charge in [0, 0.05) is 6.54 Å². The van der Waals surface area contributed by atoms with Crippen LogP contribution in [0.3, 0.4) is 0 Å². The summed E-state index contributed by atoms with van der Waals surface area (Å²) in [4.78, 5) is 22.2. The van der Waals surface area contributed by atoms with Crippen LogP contribution in [-0.4, -0.2) is 42.0 Å². The van der Waals surface area contributed by atoms with Crippen LogP contribution in [0.4, 0.5) is 4.79 Å². The van der Waals surface area contributed by atoms with Crippen molar-refractivity contribution >= 4 is 12.1 Å². The summed E-state index contributed by atoms with van der Waals surface area (Å²) < 4.78 is 10.5. The van der Waals surface area contributed by atoms with Gasteiger partial charge in [-0.2, -0.15) is 0 Å². The summed E-state index contributed by atoms with van der Waals surface area (Å²) in [6, 6.07) is 0. The van der Waals surface area contributed by atoms with E-state index in [0.29, 0.717) is 19.6 Å². The van der Waals surface area contributed by atoms with Crippen molar-refractivity contribution in [1.29, 1.82) is 0 Å². The van der Waals surface area contributed by atoms with Crippen molar-refractivity contribution in [3.8, 4) is 0 Å². The van der Waals surface area contributed by atoms with E-state index in [-0.39, 0.29) is 18.4 Å². The Morgan fingerprint density at radius 2 is 1.85 bits per heavy atom. The number of carbonyl (C=O) groups excluding carboxylic acids is 1. The van der Waals surface area contributed by atoms with Crippen molar-refractivity contribution in [1.82, 2.24) is 5.32 Å². The second-order valence-electron chi connectivity index (χ2n) is 6.06. The molecular weight excluding hydrogens is 262 g/mol. The Bertz CT molecular complexity index is 309. The third-order valence-corrected chi connectivity index (χ3v) is 2.35. The topological polar surface area (TPSA) is 84.9 Å². The van der Waals surface area contributed by atoms with Crippen LogP contribution in [0.15, 0.2) is 0 Å². The number of carbonyl (C=O) groups is 2. The molecule has 0 fully saturated rings. The monoisotopic (exact) mass is 289 g/mol. The summed E-state index contributed by atoms with van der Waals surface area (Å²) in [5.41, 5.74) is -0.536. The lowest BCUT2D eigenvalue weighted by molar-refractivity contribution is -0.138. The summed E-state index contributed by atoms with van der Waals surface area (Å²) in [6.07, 6.45) is 0.141. The van der Waals surface area contributed by atoms with E-state index in [4.69, 9.17) is 14.6 Å². The van der Waals surface area contributed by atoms with Crippen molar-refractivity contribution in [2.45, 2.75) is 59.2 Å².